The number of carbonyl (C=O) groups excluding carboxylic acids is 1. The van der Waals surface area contributed by atoms with Crippen molar-refractivity contribution in [2.75, 3.05) is 51.7 Å². The van der Waals surface area contributed by atoms with Crippen molar-refractivity contribution in [2.24, 2.45) is 10.7 Å². The molecule has 2 aliphatic heterocycles. The lowest BCUT2D eigenvalue weighted by Crippen LogP contribution is -2.54. The van der Waals surface area contributed by atoms with E-state index in [1.165, 1.54) is 0 Å². The van der Waals surface area contributed by atoms with E-state index >= 15 is 0 Å². The first-order valence-corrected chi connectivity index (χ1v) is 16.1. The van der Waals surface area contributed by atoms with Crippen LogP contribution in [0.25, 0.3) is 0 Å². The number of halogens is 1. The van der Waals surface area contributed by atoms with Crippen molar-refractivity contribution >= 4 is 29.3 Å². The summed E-state index contributed by atoms with van der Waals surface area (Å²) in [5, 5.41) is 23.4. The molecule has 0 radical (unpaired) electrons. The van der Waals surface area contributed by atoms with Crippen molar-refractivity contribution in [3.8, 4) is 5.75 Å². The summed E-state index contributed by atoms with van der Waals surface area (Å²) in [6.07, 6.45) is -0.768. The minimum atomic E-state index is -0.758. The van der Waals surface area contributed by atoms with Crippen LogP contribution in [0.15, 0.2) is 29.3 Å². The van der Waals surface area contributed by atoms with Crippen LogP contribution in [-0.4, -0.2) is 120 Å². The number of guanidine groups is 1. The number of ether oxygens (including phenoxy) is 5. The number of anilines is 1. The molecule has 47 heavy (non-hydrogen) atoms. The Balaban J connectivity index is 1.19. The molecule has 15 nitrogen and oxygen atoms in total. The van der Waals surface area contributed by atoms with Crippen LogP contribution in [0.2, 0.25) is 5.15 Å². The van der Waals surface area contributed by atoms with E-state index in [1.54, 1.807) is 20.8 Å². The summed E-state index contributed by atoms with van der Waals surface area (Å²) in [7, 11) is 0. The Hall–Kier alpha value is -3.15. The summed E-state index contributed by atoms with van der Waals surface area (Å²) in [6.45, 7) is 7.82. The van der Waals surface area contributed by atoms with Crippen molar-refractivity contribution in [2.45, 2.75) is 77.0 Å². The van der Waals surface area contributed by atoms with Gasteiger partial charge in [0.05, 0.1) is 18.9 Å². The molecule has 7 N–H and O–H groups in total. The van der Waals surface area contributed by atoms with Gasteiger partial charge in [0.2, 0.25) is 0 Å². The van der Waals surface area contributed by atoms with Crippen molar-refractivity contribution in [3.63, 3.8) is 0 Å². The number of aromatic nitrogens is 2. The van der Waals surface area contributed by atoms with Crippen molar-refractivity contribution in [1.29, 1.82) is 0 Å². The van der Waals surface area contributed by atoms with Crippen LogP contribution < -0.4 is 21.5 Å². The van der Waals surface area contributed by atoms with Gasteiger partial charge in [-0.2, -0.15) is 0 Å². The van der Waals surface area contributed by atoms with Crippen molar-refractivity contribution in [3.05, 3.63) is 46.4 Å². The SMILES string of the molecule is Cc1nc(N)c(C(=O)NC(N)=NCCCCc2ccc(OCCN(C[C@@H]3O[C@H](C)OC[C@H]3O)C[C@@H]3O[C@H](C)OC[C@H]3O)cc2)nc1Cl. The maximum atomic E-state index is 12.4. The van der Waals surface area contributed by atoms with E-state index in [2.05, 4.69) is 25.2 Å². The second kappa shape index (κ2) is 17.8. The summed E-state index contributed by atoms with van der Waals surface area (Å²) >= 11 is 5.95. The van der Waals surface area contributed by atoms with Crippen LogP contribution in [-0.2, 0) is 25.4 Å². The van der Waals surface area contributed by atoms with Gasteiger partial charge in [-0.1, -0.05) is 23.7 Å². The number of carbonyl (C=O) groups is 1. The predicted molar refractivity (Wildman–Crippen MR) is 174 cm³/mol. The Kier molecular flexibility index (Phi) is 13.9. The molecule has 0 bridgehead atoms. The molecule has 0 unspecified atom stereocenters. The number of rotatable bonds is 14. The summed E-state index contributed by atoms with van der Waals surface area (Å²) in [4.78, 5) is 26.6. The smallest absolute Gasteiger partial charge is 0.280 e. The molecule has 3 heterocycles. The lowest BCUT2D eigenvalue weighted by atomic mass is 10.1. The molecule has 2 fully saturated rings. The molecule has 2 saturated heterocycles. The number of hydrogen-bond donors (Lipinski definition) is 5. The van der Waals surface area contributed by atoms with Gasteiger partial charge in [-0.3, -0.25) is 20.0 Å². The number of aryl methyl sites for hydroxylation is 2. The number of aliphatic hydroxyl groups excluding tert-OH is 2. The molecule has 1 amide bonds. The normalized spacial score (nSPS) is 25.1. The molecule has 2 aromatic rings. The van der Waals surface area contributed by atoms with Gasteiger partial charge in [0.1, 0.15) is 36.8 Å². The van der Waals surface area contributed by atoms with Crippen LogP contribution in [0.3, 0.4) is 0 Å². The average molecular weight is 680 g/mol. The Morgan fingerprint density at radius 3 is 2.30 bits per heavy atom. The number of unbranched alkanes of at least 4 members (excludes halogenated alkanes) is 1. The van der Waals surface area contributed by atoms with Gasteiger partial charge in [-0.25, -0.2) is 9.97 Å². The summed E-state index contributed by atoms with van der Waals surface area (Å²) in [5.74, 6) is 0.0264. The highest BCUT2D eigenvalue weighted by Crippen LogP contribution is 2.19. The number of aliphatic hydroxyl groups is 2. The monoisotopic (exact) mass is 679 g/mol. The molecule has 0 saturated carbocycles. The molecular weight excluding hydrogens is 634 g/mol. The summed E-state index contributed by atoms with van der Waals surface area (Å²) in [5.41, 5.74) is 13.1. The summed E-state index contributed by atoms with van der Waals surface area (Å²) in [6, 6.07) is 7.89. The first-order chi connectivity index (χ1) is 22.5. The average Bonchev–Trinajstić information content (AvgIpc) is 3.03. The fraction of sp³-hybridized carbons (Fsp3) is 0.613. The molecule has 0 aliphatic carbocycles. The van der Waals surface area contributed by atoms with Gasteiger partial charge in [0.15, 0.2) is 35.2 Å². The third kappa shape index (κ3) is 11.5. The van der Waals surface area contributed by atoms with Gasteiger partial charge < -0.3 is 45.4 Å². The Bertz CT molecular complexity index is 1310. The Morgan fingerprint density at radius 1 is 1.06 bits per heavy atom. The summed E-state index contributed by atoms with van der Waals surface area (Å²) < 4.78 is 28.4. The minimum absolute atomic E-state index is 0.0370. The minimum Gasteiger partial charge on any atom is -0.492 e. The first-order valence-electron chi connectivity index (χ1n) is 15.7. The van der Waals surface area contributed by atoms with Crippen LogP contribution >= 0.6 is 11.6 Å². The molecule has 260 valence electrons. The topological polar surface area (TPSA) is 209 Å². The second-order valence-corrected chi connectivity index (χ2v) is 11.9. The number of nitrogens with one attached hydrogen (secondary N) is 1. The van der Waals surface area contributed by atoms with E-state index in [0.717, 1.165) is 30.6 Å². The van der Waals surface area contributed by atoms with Gasteiger partial charge in [0.25, 0.3) is 5.91 Å². The van der Waals surface area contributed by atoms with Gasteiger partial charge in [0, 0.05) is 26.2 Å². The van der Waals surface area contributed by atoms with Crippen molar-refractivity contribution < 1.29 is 38.7 Å². The van der Waals surface area contributed by atoms with E-state index in [0.29, 0.717) is 38.5 Å². The fourth-order valence-electron chi connectivity index (χ4n) is 5.11. The van der Waals surface area contributed by atoms with E-state index in [-0.39, 0.29) is 35.8 Å². The highest BCUT2D eigenvalue weighted by atomic mass is 35.5. The van der Waals surface area contributed by atoms with E-state index in [9.17, 15) is 15.0 Å². The molecule has 0 spiro atoms. The highest BCUT2D eigenvalue weighted by molar-refractivity contribution is 6.30. The van der Waals surface area contributed by atoms with Crippen molar-refractivity contribution in [1.82, 2.24) is 20.2 Å². The zero-order valence-corrected chi connectivity index (χ0v) is 27.8. The Morgan fingerprint density at radius 2 is 1.68 bits per heavy atom. The number of nitrogen functional groups attached to an aromatic ring is 1. The zero-order chi connectivity index (χ0) is 33.9. The zero-order valence-electron chi connectivity index (χ0n) is 27.0. The lowest BCUT2D eigenvalue weighted by Gasteiger charge is -2.39. The van der Waals surface area contributed by atoms with E-state index < -0.39 is 42.9 Å². The number of nitrogens with two attached hydrogens (primary N) is 2. The predicted octanol–water partition coefficient (Wildman–Crippen LogP) is 1.01. The highest BCUT2D eigenvalue weighted by Gasteiger charge is 2.34. The molecule has 1 aromatic carbocycles. The van der Waals surface area contributed by atoms with Crippen LogP contribution in [0, 0.1) is 6.92 Å². The lowest BCUT2D eigenvalue weighted by molar-refractivity contribution is -0.257. The van der Waals surface area contributed by atoms with Crippen LogP contribution in [0.4, 0.5) is 5.82 Å². The van der Waals surface area contributed by atoms with E-state index in [1.807, 2.05) is 24.3 Å². The third-order valence-electron chi connectivity index (χ3n) is 7.72. The third-order valence-corrected chi connectivity index (χ3v) is 8.08. The number of hydrogen-bond acceptors (Lipinski definition) is 13. The van der Waals surface area contributed by atoms with Gasteiger partial charge >= 0.3 is 0 Å². The maximum Gasteiger partial charge on any atom is 0.280 e. The first kappa shape index (κ1) is 36.7. The molecule has 2 aliphatic rings. The molecule has 6 atom stereocenters. The standard InChI is InChI=1S/C31H46ClN7O8/c1-18-28(32)37-27(29(33)36-18)30(42)38-31(34)35-11-5-4-6-21-7-9-22(10-8-21)43-13-12-39(14-25-23(40)16-44-19(2)46-25)15-26-24(41)17-45-20(3)47-26/h7-10,19-20,23-26,40-41H,4-6,11-17H2,1-3H3,(H2,33,36)(H3,34,35,38,42)/t19-,20-,23-,24-,25+,26+/m1/s1. The Labute approximate surface area is 279 Å². The van der Waals surface area contributed by atoms with Gasteiger partial charge in [-0.05, 0) is 57.7 Å². The second-order valence-electron chi connectivity index (χ2n) is 11.5. The number of benzene rings is 1. The van der Waals surface area contributed by atoms with Crippen LogP contribution in [0.5, 0.6) is 5.75 Å². The number of aliphatic imine (C=N–C) groups is 1. The molecule has 1 aromatic heterocycles. The van der Waals surface area contributed by atoms with Crippen LogP contribution in [0.1, 0.15) is 48.4 Å². The van der Waals surface area contributed by atoms with E-state index in [4.69, 9.17) is 46.8 Å². The number of nitrogens with zero attached hydrogens (tertiary/aromatic N) is 4. The molecule has 16 heteroatoms. The quantitative estimate of drug-likeness (QED) is 0.107. The maximum absolute atomic E-state index is 12.4. The molecular formula is C31H46ClN7O8. The fourth-order valence-corrected chi connectivity index (χ4v) is 5.24. The number of amides is 1. The van der Waals surface area contributed by atoms with Gasteiger partial charge in [-0.15, -0.1) is 0 Å². The molecule has 4 rings (SSSR count). The largest absolute Gasteiger partial charge is 0.492 e.